The summed E-state index contributed by atoms with van der Waals surface area (Å²) in [7, 11) is 0. The second kappa shape index (κ2) is 7.43. The maximum atomic E-state index is 13.4. The number of nitrogens with zero attached hydrogens (tertiary/aromatic N) is 4. The zero-order chi connectivity index (χ0) is 20.8. The van der Waals surface area contributed by atoms with Crippen LogP contribution in [0.1, 0.15) is 56.8 Å². The first-order valence-corrected chi connectivity index (χ1v) is 10.7. The molecule has 1 spiro atoms. The molecule has 4 rings (SSSR count). The van der Waals surface area contributed by atoms with Crippen molar-refractivity contribution in [2.45, 2.75) is 52.0 Å². The van der Waals surface area contributed by atoms with Crippen molar-refractivity contribution >= 4 is 23.5 Å². The van der Waals surface area contributed by atoms with Crippen molar-refractivity contribution in [1.29, 1.82) is 0 Å². The molecule has 7 nitrogen and oxygen atoms in total. The molecule has 0 N–H and O–H groups in total. The molecule has 1 aromatic heterocycles. The highest BCUT2D eigenvalue weighted by atomic mass is 16.2. The minimum atomic E-state index is -0.731. The summed E-state index contributed by atoms with van der Waals surface area (Å²) in [5.41, 5.74) is -0.0928. The first-order chi connectivity index (χ1) is 13.8. The van der Waals surface area contributed by atoms with Crippen molar-refractivity contribution in [2.24, 2.45) is 11.8 Å². The Balaban J connectivity index is 1.55. The van der Waals surface area contributed by atoms with Crippen molar-refractivity contribution < 1.29 is 14.4 Å². The Morgan fingerprint density at radius 1 is 1.24 bits per heavy atom. The molecule has 1 saturated carbocycles. The second-order valence-corrected chi connectivity index (χ2v) is 9.12. The van der Waals surface area contributed by atoms with Crippen LogP contribution in [0.4, 0.5) is 10.6 Å². The summed E-state index contributed by atoms with van der Waals surface area (Å²) >= 11 is 0. The van der Waals surface area contributed by atoms with E-state index in [4.69, 9.17) is 0 Å². The molecule has 29 heavy (non-hydrogen) atoms. The van der Waals surface area contributed by atoms with E-state index in [9.17, 15) is 14.4 Å². The monoisotopic (exact) mass is 398 g/mol. The molecule has 2 saturated heterocycles. The van der Waals surface area contributed by atoms with Gasteiger partial charge in [-0.3, -0.25) is 14.5 Å². The van der Waals surface area contributed by atoms with Gasteiger partial charge in [-0.25, -0.2) is 9.78 Å². The third-order valence-corrected chi connectivity index (χ3v) is 6.37. The molecular weight excluding hydrogens is 368 g/mol. The SMILES string of the molecule is CC(=O)c1ccnc(N2CCC3(CC2)C(=O)N(CC2CC2)C(=O)N3CC(C)C)c1. The number of aromatic nitrogens is 1. The average Bonchev–Trinajstić information content (AvgIpc) is 3.51. The van der Waals surface area contributed by atoms with Crippen LogP contribution in [-0.2, 0) is 4.79 Å². The fraction of sp³-hybridized carbons (Fsp3) is 0.636. The third kappa shape index (κ3) is 3.63. The van der Waals surface area contributed by atoms with Gasteiger partial charge in [-0.15, -0.1) is 0 Å². The van der Waals surface area contributed by atoms with Crippen LogP contribution in [0, 0.1) is 11.8 Å². The zero-order valence-corrected chi connectivity index (χ0v) is 17.6. The van der Waals surface area contributed by atoms with Crippen LogP contribution in [0.5, 0.6) is 0 Å². The number of hydrogen-bond donors (Lipinski definition) is 0. The van der Waals surface area contributed by atoms with Crippen LogP contribution in [0.25, 0.3) is 0 Å². The summed E-state index contributed by atoms with van der Waals surface area (Å²) in [6.45, 7) is 8.16. The van der Waals surface area contributed by atoms with Gasteiger partial charge in [0, 0.05) is 37.9 Å². The average molecular weight is 399 g/mol. The van der Waals surface area contributed by atoms with E-state index in [2.05, 4.69) is 23.7 Å². The lowest BCUT2D eigenvalue weighted by Crippen LogP contribution is -2.57. The van der Waals surface area contributed by atoms with E-state index >= 15 is 0 Å². The van der Waals surface area contributed by atoms with Crippen LogP contribution >= 0.6 is 0 Å². The van der Waals surface area contributed by atoms with Crippen LogP contribution in [0.2, 0.25) is 0 Å². The van der Waals surface area contributed by atoms with Crippen molar-refractivity contribution in [3.8, 4) is 0 Å². The smallest absolute Gasteiger partial charge is 0.327 e. The molecule has 1 aromatic rings. The fourth-order valence-corrected chi connectivity index (χ4v) is 4.52. The van der Waals surface area contributed by atoms with E-state index in [1.165, 1.54) is 4.90 Å². The predicted octanol–water partition coefficient (Wildman–Crippen LogP) is 2.95. The number of hydrogen-bond acceptors (Lipinski definition) is 5. The Morgan fingerprint density at radius 2 is 1.93 bits per heavy atom. The molecule has 0 atom stereocenters. The Labute approximate surface area is 172 Å². The van der Waals surface area contributed by atoms with Gasteiger partial charge in [0.15, 0.2) is 5.78 Å². The molecule has 3 heterocycles. The van der Waals surface area contributed by atoms with Crippen molar-refractivity contribution in [1.82, 2.24) is 14.8 Å². The number of rotatable bonds is 6. The summed E-state index contributed by atoms with van der Waals surface area (Å²) in [4.78, 5) is 48.1. The number of ketones is 1. The van der Waals surface area contributed by atoms with Gasteiger partial charge >= 0.3 is 6.03 Å². The Kier molecular flexibility index (Phi) is 5.09. The van der Waals surface area contributed by atoms with Gasteiger partial charge in [-0.1, -0.05) is 13.8 Å². The summed E-state index contributed by atoms with van der Waals surface area (Å²) in [6.07, 6.45) is 5.07. The highest BCUT2D eigenvalue weighted by Crippen LogP contribution is 2.41. The number of Topliss-reactive ketones (excluding diaryl/α,β-unsaturated/α-hetero) is 1. The second-order valence-electron chi connectivity index (χ2n) is 9.12. The van der Waals surface area contributed by atoms with Gasteiger partial charge in [0.2, 0.25) is 0 Å². The van der Waals surface area contributed by atoms with Crippen molar-refractivity contribution in [3.63, 3.8) is 0 Å². The number of piperidine rings is 1. The minimum Gasteiger partial charge on any atom is -0.356 e. The number of carbonyl (C=O) groups excluding carboxylic acids is 3. The predicted molar refractivity (Wildman–Crippen MR) is 110 cm³/mol. The summed E-state index contributed by atoms with van der Waals surface area (Å²) in [6, 6.07) is 3.42. The standard InChI is InChI=1S/C22H30N4O3/c1-15(2)13-26-21(29)25(14-17-4-5-17)20(28)22(26)7-10-24(11-8-22)19-12-18(16(3)27)6-9-23-19/h6,9,12,15,17H,4-5,7-8,10-11,13-14H2,1-3H3. The Bertz CT molecular complexity index is 825. The molecule has 1 aliphatic carbocycles. The van der Waals surface area contributed by atoms with Gasteiger partial charge in [0.1, 0.15) is 11.4 Å². The lowest BCUT2D eigenvalue weighted by Gasteiger charge is -2.43. The largest absolute Gasteiger partial charge is 0.356 e. The fourth-order valence-electron chi connectivity index (χ4n) is 4.52. The van der Waals surface area contributed by atoms with Gasteiger partial charge in [0.05, 0.1) is 0 Å². The molecule has 156 valence electrons. The van der Waals surface area contributed by atoms with Crippen LogP contribution in [0.3, 0.4) is 0 Å². The summed E-state index contributed by atoms with van der Waals surface area (Å²) in [5.74, 6) is 1.54. The Hall–Kier alpha value is -2.44. The molecule has 0 radical (unpaired) electrons. The van der Waals surface area contributed by atoms with Crippen molar-refractivity contribution in [3.05, 3.63) is 23.9 Å². The van der Waals surface area contributed by atoms with Crippen LogP contribution in [0.15, 0.2) is 18.3 Å². The number of amides is 3. The van der Waals surface area contributed by atoms with E-state index in [-0.39, 0.29) is 17.7 Å². The summed E-state index contributed by atoms with van der Waals surface area (Å²) < 4.78 is 0. The highest BCUT2D eigenvalue weighted by molar-refractivity contribution is 6.07. The number of pyridine rings is 1. The molecule has 3 fully saturated rings. The van der Waals surface area contributed by atoms with Gasteiger partial charge in [0.25, 0.3) is 5.91 Å². The lowest BCUT2D eigenvalue weighted by atomic mass is 9.85. The van der Waals surface area contributed by atoms with Gasteiger partial charge in [-0.05, 0) is 56.6 Å². The molecule has 0 aromatic carbocycles. The van der Waals surface area contributed by atoms with E-state index in [0.717, 1.165) is 18.7 Å². The first kappa shape index (κ1) is 19.9. The number of imide groups is 1. The Morgan fingerprint density at radius 3 is 2.52 bits per heavy atom. The molecule has 3 aliphatic rings. The third-order valence-electron chi connectivity index (χ3n) is 6.37. The number of anilines is 1. The maximum Gasteiger partial charge on any atom is 0.327 e. The lowest BCUT2D eigenvalue weighted by molar-refractivity contribution is -0.134. The molecule has 2 aliphatic heterocycles. The van der Waals surface area contributed by atoms with Gasteiger partial charge in [-0.2, -0.15) is 0 Å². The van der Waals surface area contributed by atoms with Gasteiger partial charge < -0.3 is 9.80 Å². The van der Waals surface area contributed by atoms with Crippen LogP contribution in [-0.4, -0.2) is 64.2 Å². The van der Waals surface area contributed by atoms with E-state index in [1.54, 1.807) is 19.2 Å². The van der Waals surface area contributed by atoms with Crippen LogP contribution < -0.4 is 4.90 Å². The molecule has 3 amide bonds. The highest BCUT2D eigenvalue weighted by Gasteiger charge is 2.58. The molecule has 0 bridgehead atoms. The van der Waals surface area contributed by atoms with Crippen molar-refractivity contribution in [2.75, 3.05) is 31.1 Å². The van der Waals surface area contributed by atoms with E-state index in [1.807, 2.05) is 11.0 Å². The molecule has 7 heteroatoms. The zero-order valence-electron chi connectivity index (χ0n) is 17.6. The quantitative estimate of drug-likeness (QED) is 0.544. The summed E-state index contributed by atoms with van der Waals surface area (Å²) in [5, 5.41) is 0. The molecular formula is C22H30N4O3. The first-order valence-electron chi connectivity index (χ1n) is 10.7. The topological polar surface area (TPSA) is 73.8 Å². The van der Waals surface area contributed by atoms with E-state index in [0.29, 0.717) is 56.4 Å². The normalized spacial score (nSPS) is 21.6. The maximum absolute atomic E-state index is 13.4. The van der Waals surface area contributed by atoms with E-state index < -0.39 is 5.54 Å². The minimum absolute atomic E-state index is 0.0116. The number of urea groups is 1. The molecule has 0 unspecified atom stereocenters. The number of carbonyl (C=O) groups is 3.